The third-order valence-electron chi connectivity index (χ3n) is 4.31. The van der Waals surface area contributed by atoms with Crippen LogP contribution in [0, 0.1) is 0 Å². The molecule has 0 N–H and O–H groups in total. The Morgan fingerprint density at radius 3 is 2.46 bits per heavy atom. The molecule has 0 aromatic rings. The topological polar surface area (TPSA) is 21.6 Å². The lowest BCUT2D eigenvalue weighted by atomic mass is 10.1. The van der Waals surface area contributed by atoms with Gasteiger partial charge in [0, 0.05) is 5.75 Å². The van der Waals surface area contributed by atoms with Crippen LogP contribution >= 0.6 is 11.8 Å². The number of aliphatic imine (C=N–C) groups is 1. The van der Waals surface area contributed by atoms with Crippen LogP contribution in [-0.2, 0) is 4.74 Å². The lowest BCUT2D eigenvalue weighted by Crippen LogP contribution is -2.13. The van der Waals surface area contributed by atoms with Crippen molar-refractivity contribution in [3.63, 3.8) is 0 Å². The monoisotopic (exact) mass is 375 g/mol. The van der Waals surface area contributed by atoms with Crippen molar-refractivity contribution >= 4 is 16.8 Å². The molecule has 0 radical (unpaired) electrons. The minimum absolute atomic E-state index is 0.333. The molecular formula is C23H37NOS. The first-order valence-electron chi connectivity index (χ1n) is 9.84. The summed E-state index contributed by atoms with van der Waals surface area (Å²) in [5, 5.41) is 1.26. The minimum Gasteiger partial charge on any atom is -0.375 e. The van der Waals surface area contributed by atoms with E-state index in [9.17, 15) is 0 Å². The predicted molar refractivity (Wildman–Crippen MR) is 119 cm³/mol. The lowest BCUT2D eigenvalue weighted by molar-refractivity contribution is 0.152. The molecule has 146 valence electrons. The average molecular weight is 376 g/mol. The van der Waals surface area contributed by atoms with Crippen LogP contribution in [-0.4, -0.2) is 30.1 Å². The Kier molecular flexibility index (Phi) is 12.4. The van der Waals surface area contributed by atoms with Crippen LogP contribution in [0.5, 0.6) is 0 Å². The van der Waals surface area contributed by atoms with Crippen molar-refractivity contribution in [1.82, 2.24) is 0 Å². The first-order chi connectivity index (χ1) is 12.5. The molecule has 1 rings (SSSR count). The molecule has 1 aliphatic heterocycles. The van der Waals surface area contributed by atoms with Crippen molar-refractivity contribution in [2.24, 2.45) is 4.99 Å². The smallest absolute Gasteiger partial charge is 0.0836 e. The van der Waals surface area contributed by atoms with Gasteiger partial charge in [-0.2, -0.15) is 0 Å². The van der Waals surface area contributed by atoms with E-state index in [1.165, 1.54) is 28.2 Å². The maximum atomic E-state index is 5.81. The largest absolute Gasteiger partial charge is 0.375 e. The molecule has 1 heterocycles. The molecule has 0 fully saturated rings. The van der Waals surface area contributed by atoms with Crippen molar-refractivity contribution in [3.05, 3.63) is 47.6 Å². The summed E-state index contributed by atoms with van der Waals surface area (Å²) in [7, 11) is 0. The van der Waals surface area contributed by atoms with Gasteiger partial charge in [-0.1, -0.05) is 41.0 Å². The second-order valence-electron chi connectivity index (χ2n) is 7.31. The zero-order chi connectivity index (χ0) is 19.2. The average Bonchev–Trinajstić information content (AvgIpc) is 3.04. The van der Waals surface area contributed by atoms with Crippen LogP contribution in [0.4, 0.5) is 0 Å². The second kappa shape index (κ2) is 14.1. The van der Waals surface area contributed by atoms with Gasteiger partial charge >= 0.3 is 0 Å². The van der Waals surface area contributed by atoms with E-state index in [1.54, 1.807) is 0 Å². The van der Waals surface area contributed by atoms with Crippen LogP contribution in [0.15, 0.2) is 52.6 Å². The molecule has 0 saturated carbocycles. The maximum absolute atomic E-state index is 5.81. The zero-order valence-electron chi connectivity index (χ0n) is 17.2. The van der Waals surface area contributed by atoms with Gasteiger partial charge < -0.3 is 4.74 Å². The van der Waals surface area contributed by atoms with Gasteiger partial charge in [0.1, 0.15) is 0 Å². The molecule has 1 atom stereocenters. The molecule has 3 heteroatoms. The van der Waals surface area contributed by atoms with E-state index >= 15 is 0 Å². The van der Waals surface area contributed by atoms with Crippen molar-refractivity contribution in [2.45, 2.75) is 72.3 Å². The van der Waals surface area contributed by atoms with E-state index in [-0.39, 0.29) is 0 Å². The second-order valence-corrected chi connectivity index (χ2v) is 8.41. The van der Waals surface area contributed by atoms with Crippen molar-refractivity contribution in [3.8, 4) is 0 Å². The Morgan fingerprint density at radius 2 is 1.77 bits per heavy atom. The van der Waals surface area contributed by atoms with E-state index in [1.807, 2.05) is 17.8 Å². The number of thioether (sulfide) groups is 1. The highest BCUT2D eigenvalue weighted by Gasteiger charge is 2.17. The number of rotatable bonds is 13. The summed E-state index contributed by atoms with van der Waals surface area (Å²) < 4.78 is 5.81. The standard InChI is InChI=1S/C23H37NOS/c1-6-7-14-23-24-22(18-26-23)17-25-16-15-21(5)13-9-12-20(4)11-8-10-19(2)3/h6,10,12,15,22H,1,7-9,11,13-14,16-18H2,2-5H3/b20-12+,21-15+/t22-/m1/s1. The predicted octanol–water partition coefficient (Wildman–Crippen LogP) is 6.90. The van der Waals surface area contributed by atoms with Crippen LogP contribution in [0.3, 0.4) is 0 Å². The van der Waals surface area contributed by atoms with Crippen molar-refractivity contribution in [1.29, 1.82) is 0 Å². The zero-order valence-corrected chi connectivity index (χ0v) is 18.0. The summed E-state index contributed by atoms with van der Waals surface area (Å²) >= 11 is 1.87. The molecule has 0 bridgehead atoms. The van der Waals surface area contributed by atoms with Gasteiger partial charge in [-0.25, -0.2) is 0 Å². The Morgan fingerprint density at radius 1 is 1.08 bits per heavy atom. The molecule has 0 aromatic heterocycles. The molecule has 0 amide bonds. The van der Waals surface area contributed by atoms with Gasteiger partial charge in [0.2, 0.25) is 0 Å². The number of allylic oxidation sites excluding steroid dienone is 6. The first kappa shape index (κ1) is 23.0. The number of nitrogens with zero attached hydrogens (tertiary/aromatic N) is 1. The SMILES string of the molecule is C=CCCC1=N[C@H](COC/C=C(\C)CC/C=C(\C)CCC=C(C)C)CS1. The van der Waals surface area contributed by atoms with E-state index < -0.39 is 0 Å². The summed E-state index contributed by atoms with van der Waals surface area (Å²) in [5.74, 6) is 1.06. The number of ether oxygens (including phenoxy) is 1. The molecule has 0 aliphatic carbocycles. The fourth-order valence-electron chi connectivity index (χ4n) is 2.66. The molecule has 0 saturated heterocycles. The minimum atomic E-state index is 0.333. The number of hydrogen-bond acceptors (Lipinski definition) is 3. The summed E-state index contributed by atoms with van der Waals surface area (Å²) in [6.45, 7) is 14.0. The summed E-state index contributed by atoms with van der Waals surface area (Å²) in [4.78, 5) is 4.72. The fourth-order valence-corrected chi connectivity index (χ4v) is 3.70. The van der Waals surface area contributed by atoms with Crippen molar-refractivity contribution < 1.29 is 4.74 Å². The normalized spacial score (nSPS) is 18.0. The van der Waals surface area contributed by atoms with Gasteiger partial charge in [-0.05, 0) is 66.2 Å². The molecular weight excluding hydrogens is 338 g/mol. The maximum Gasteiger partial charge on any atom is 0.0836 e. The summed E-state index contributed by atoms with van der Waals surface area (Å²) in [5.41, 5.74) is 4.32. The van der Waals surface area contributed by atoms with Gasteiger partial charge in [0.25, 0.3) is 0 Å². The highest BCUT2D eigenvalue weighted by molar-refractivity contribution is 8.14. The van der Waals surface area contributed by atoms with E-state index in [0.717, 1.165) is 44.5 Å². The van der Waals surface area contributed by atoms with E-state index in [0.29, 0.717) is 12.6 Å². The first-order valence-corrected chi connectivity index (χ1v) is 10.8. The summed E-state index contributed by atoms with van der Waals surface area (Å²) in [6.07, 6.45) is 15.5. The van der Waals surface area contributed by atoms with Gasteiger partial charge in [-0.15, -0.1) is 18.3 Å². The number of hydrogen-bond donors (Lipinski definition) is 0. The molecule has 1 aliphatic rings. The van der Waals surface area contributed by atoms with Gasteiger partial charge in [-0.3, -0.25) is 4.99 Å². The van der Waals surface area contributed by atoms with Crippen LogP contribution in [0.2, 0.25) is 0 Å². The molecule has 0 aromatic carbocycles. The van der Waals surface area contributed by atoms with Crippen LogP contribution < -0.4 is 0 Å². The molecule has 0 spiro atoms. The van der Waals surface area contributed by atoms with Crippen LogP contribution in [0.25, 0.3) is 0 Å². The van der Waals surface area contributed by atoms with Gasteiger partial charge in [0.15, 0.2) is 0 Å². The third kappa shape index (κ3) is 11.5. The Bertz CT molecular complexity index is 538. The Hall–Kier alpha value is -1.06. The highest BCUT2D eigenvalue weighted by atomic mass is 32.2. The third-order valence-corrected chi connectivity index (χ3v) is 5.51. The van der Waals surface area contributed by atoms with E-state index in [4.69, 9.17) is 9.73 Å². The molecule has 2 nitrogen and oxygen atoms in total. The quantitative estimate of drug-likeness (QED) is 0.258. The highest BCUT2D eigenvalue weighted by Crippen LogP contribution is 2.21. The van der Waals surface area contributed by atoms with Crippen LogP contribution in [0.1, 0.15) is 66.2 Å². The Labute approximate surface area is 165 Å². The molecule has 0 unspecified atom stereocenters. The summed E-state index contributed by atoms with van der Waals surface area (Å²) in [6, 6.07) is 0.333. The Balaban J connectivity index is 2.15. The van der Waals surface area contributed by atoms with E-state index in [2.05, 4.69) is 52.5 Å². The van der Waals surface area contributed by atoms with Gasteiger partial charge in [0.05, 0.1) is 24.3 Å². The van der Waals surface area contributed by atoms with Crippen molar-refractivity contribution in [2.75, 3.05) is 19.0 Å². The lowest BCUT2D eigenvalue weighted by Gasteiger charge is -2.06. The molecule has 26 heavy (non-hydrogen) atoms. The fraction of sp³-hybridized carbons (Fsp3) is 0.609.